The summed E-state index contributed by atoms with van der Waals surface area (Å²) in [5.74, 6) is 0.0166. The van der Waals surface area contributed by atoms with Gasteiger partial charge in [-0.2, -0.15) is 17.8 Å². The first-order valence-corrected chi connectivity index (χ1v) is 10.4. The molecular weight excluding hydrogens is 450 g/mol. The Labute approximate surface area is 192 Å². The quantitative estimate of drug-likeness (QED) is 0.282. The van der Waals surface area contributed by atoms with Gasteiger partial charge in [0.25, 0.3) is 5.69 Å². The predicted octanol–water partition coefficient (Wildman–Crippen LogP) is 2.42. The standard InChI is InChI=1S/C20H19N7O5S/c28-19(21-14-3-1-2-13(8-14)18-22-24-25-23-18)17-9-16(33)10-26(17)20(29)32-11-12-4-6-15(7-5-12)27(30)31/h1-8,16-17,33H,9-11H2,(H,21,28)(H,22,23,24,25). The van der Waals surface area contributed by atoms with Gasteiger partial charge < -0.3 is 10.1 Å². The Hall–Kier alpha value is -4.00. The summed E-state index contributed by atoms with van der Waals surface area (Å²) in [5, 5.41) is 27.1. The number of nitrogens with one attached hydrogen (secondary N) is 2. The number of anilines is 1. The summed E-state index contributed by atoms with van der Waals surface area (Å²) in [5.41, 5.74) is 1.72. The maximum absolute atomic E-state index is 12.9. The number of nitrogens with zero attached hydrogens (tertiary/aromatic N) is 5. The molecular formula is C20H19N7O5S. The average Bonchev–Trinajstić information content (AvgIpc) is 3.48. The number of non-ortho nitro benzene ring substituents is 1. The molecule has 0 aliphatic carbocycles. The Bertz CT molecular complexity index is 1160. The summed E-state index contributed by atoms with van der Waals surface area (Å²) in [4.78, 5) is 37.2. The van der Waals surface area contributed by atoms with Crippen molar-refractivity contribution in [3.63, 3.8) is 0 Å². The number of aromatic nitrogens is 4. The Morgan fingerprint density at radius 2 is 2.06 bits per heavy atom. The molecule has 13 heteroatoms. The van der Waals surface area contributed by atoms with Gasteiger partial charge in [0.1, 0.15) is 12.6 Å². The number of H-pyrrole nitrogens is 1. The first kappa shape index (κ1) is 22.2. The van der Waals surface area contributed by atoms with Gasteiger partial charge in [-0.3, -0.25) is 19.8 Å². The van der Waals surface area contributed by atoms with E-state index < -0.39 is 17.1 Å². The Morgan fingerprint density at radius 3 is 2.76 bits per heavy atom. The highest BCUT2D eigenvalue weighted by Crippen LogP contribution is 2.25. The van der Waals surface area contributed by atoms with Crippen molar-refractivity contribution in [2.24, 2.45) is 0 Å². The largest absolute Gasteiger partial charge is 0.445 e. The maximum atomic E-state index is 12.9. The third-order valence-corrected chi connectivity index (χ3v) is 5.43. The number of carbonyl (C=O) groups is 2. The molecule has 2 aromatic carbocycles. The van der Waals surface area contributed by atoms with Crippen molar-refractivity contribution in [1.82, 2.24) is 25.5 Å². The van der Waals surface area contributed by atoms with Crippen LogP contribution in [0.1, 0.15) is 12.0 Å². The van der Waals surface area contributed by atoms with Crippen LogP contribution in [0.2, 0.25) is 0 Å². The second kappa shape index (κ2) is 9.65. The summed E-state index contributed by atoms with van der Waals surface area (Å²) in [6.45, 7) is 0.175. The van der Waals surface area contributed by atoms with Gasteiger partial charge in [0.15, 0.2) is 0 Å². The smallest absolute Gasteiger partial charge is 0.410 e. The summed E-state index contributed by atoms with van der Waals surface area (Å²) in [7, 11) is 0. The molecule has 2 N–H and O–H groups in total. The minimum atomic E-state index is -0.759. The molecule has 0 saturated carbocycles. The zero-order valence-electron chi connectivity index (χ0n) is 17.1. The highest BCUT2D eigenvalue weighted by molar-refractivity contribution is 7.81. The molecule has 33 heavy (non-hydrogen) atoms. The van der Waals surface area contributed by atoms with Gasteiger partial charge >= 0.3 is 6.09 Å². The van der Waals surface area contributed by atoms with Crippen molar-refractivity contribution in [3.05, 3.63) is 64.2 Å². The van der Waals surface area contributed by atoms with E-state index in [4.69, 9.17) is 4.74 Å². The molecule has 2 atom stereocenters. The topological polar surface area (TPSA) is 156 Å². The van der Waals surface area contributed by atoms with E-state index in [1.807, 2.05) is 0 Å². The number of nitro groups is 1. The van der Waals surface area contributed by atoms with Crippen molar-refractivity contribution in [2.75, 3.05) is 11.9 Å². The zero-order chi connectivity index (χ0) is 23.4. The summed E-state index contributed by atoms with van der Waals surface area (Å²) < 4.78 is 5.34. The Balaban J connectivity index is 1.39. The fourth-order valence-electron chi connectivity index (χ4n) is 3.45. The van der Waals surface area contributed by atoms with Crippen molar-refractivity contribution in [1.29, 1.82) is 0 Å². The number of amides is 2. The van der Waals surface area contributed by atoms with Gasteiger partial charge in [-0.15, -0.1) is 10.2 Å². The van der Waals surface area contributed by atoms with Crippen LogP contribution < -0.4 is 5.32 Å². The third-order valence-electron chi connectivity index (χ3n) is 5.06. The molecule has 2 amide bonds. The minimum Gasteiger partial charge on any atom is -0.445 e. The number of hydrogen-bond acceptors (Lipinski definition) is 9. The van der Waals surface area contributed by atoms with E-state index in [0.717, 1.165) is 0 Å². The van der Waals surface area contributed by atoms with Gasteiger partial charge in [0.2, 0.25) is 11.7 Å². The first-order chi connectivity index (χ1) is 15.9. The second-order valence-electron chi connectivity index (χ2n) is 7.34. The van der Waals surface area contributed by atoms with Gasteiger partial charge in [0.05, 0.1) is 4.92 Å². The number of thiol groups is 1. The van der Waals surface area contributed by atoms with Crippen LogP contribution in [0.15, 0.2) is 48.5 Å². The van der Waals surface area contributed by atoms with E-state index in [9.17, 15) is 19.7 Å². The number of hydrogen-bond donors (Lipinski definition) is 3. The number of tetrazole rings is 1. The lowest BCUT2D eigenvalue weighted by Gasteiger charge is -2.23. The first-order valence-electron chi connectivity index (χ1n) is 9.90. The molecule has 4 rings (SSSR count). The number of aromatic amines is 1. The number of ether oxygens (including phenoxy) is 1. The van der Waals surface area contributed by atoms with Crippen molar-refractivity contribution < 1.29 is 19.2 Å². The van der Waals surface area contributed by atoms with Gasteiger partial charge in [0, 0.05) is 35.2 Å². The fraction of sp³-hybridized carbons (Fsp3) is 0.250. The minimum absolute atomic E-state index is 0.0531. The van der Waals surface area contributed by atoms with Crippen LogP contribution in [0.4, 0.5) is 16.2 Å². The molecule has 170 valence electrons. The van der Waals surface area contributed by atoms with Gasteiger partial charge in [-0.1, -0.05) is 12.1 Å². The zero-order valence-corrected chi connectivity index (χ0v) is 18.0. The van der Waals surface area contributed by atoms with E-state index >= 15 is 0 Å². The van der Waals surface area contributed by atoms with Crippen LogP contribution >= 0.6 is 12.6 Å². The van der Waals surface area contributed by atoms with Crippen LogP contribution in [0.3, 0.4) is 0 Å². The normalized spacial score (nSPS) is 17.5. The molecule has 3 aromatic rings. The Morgan fingerprint density at radius 1 is 1.27 bits per heavy atom. The second-order valence-corrected chi connectivity index (χ2v) is 8.07. The fourth-order valence-corrected chi connectivity index (χ4v) is 3.83. The number of nitro benzene ring substituents is 1. The molecule has 0 spiro atoms. The van der Waals surface area contributed by atoms with Crippen LogP contribution in [0, 0.1) is 10.1 Å². The molecule has 2 unspecified atom stereocenters. The lowest BCUT2D eigenvalue weighted by atomic mass is 10.1. The van der Waals surface area contributed by atoms with E-state index in [-0.39, 0.29) is 30.0 Å². The molecule has 12 nitrogen and oxygen atoms in total. The van der Waals surface area contributed by atoms with Crippen LogP contribution in [0.5, 0.6) is 0 Å². The van der Waals surface area contributed by atoms with Gasteiger partial charge in [-0.25, -0.2) is 4.79 Å². The number of carbonyl (C=O) groups excluding carboxylic acids is 2. The van der Waals surface area contributed by atoms with Crippen molar-refractivity contribution in [2.45, 2.75) is 24.3 Å². The highest BCUT2D eigenvalue weighted by Gasteiger charge is 2.39. The Kier molecular flexibility index (Phi) is 6.49. The SMILES string of the molecule is O=C(Nc1cccc(-c2nn[nH]n2)c1)C1CC(S)CN1C(=O)OCc1ccc([N+](=O)[O-])cc1. The van der Waals surface area contributed by atoms with E-state index in [1.54, 1.807) is 24.3 Å². The predicted molar refractivity (Wildman–Crippen MR) is 119 cm³/mol. The van der Waals surface area contributed by atoms with E-state index in [0.29, 0.717) is 29.1 Å². The molecule has 1 aliphatic rings. The summed E-state index contributed by atoms with van der Waals surface area (Å²) in [6.07, 6.45) is -0.294. The van der Waals surface area contributed by atoms with E-state index in [2.05, 4.69) is 38.6 Å². The molecule has 1 saturated heterocycles. The third kappa shape index (κ3) is 5.26. The van der Waals surface area contributed by atoms with Crippen LogP contribution in [-0.2, 0) is 16.1 Å². The van der Waals surface area contributed by atoms with Crippen LogP contribution in [-0.4, -0.2) is 60.3 Å². The lowest BCUT2D eigenvalue weighted by Crippen LogP contribution is -2.43. The highest BCUT2D eigenvalue weighted by atomic mass is 32.1. The summed E-state index contributed by atoms with van der Waals surface area (Å²) >= 11 is 4.43. The molecule has 1 aliphatic heterocycles. The number of benzene rings is 2. The van der Waals surface area contributed by atoms with Crippen LogP contribution in [0.25, 0.3) is 11.4 Å². The average molecular weight is 469 g/mol. The van der Waals surface area contributed by atoms with Crippen molar-refractivity contribution >= 4 is 36.0 Å². The molecule has 0 bridgehead atoms. The maximum Gasteiger partial charge on any atom is 0.410 e. The molecule has 0 radical (unpaired) electrons. The van der Waals surface area contributed by atoms with E-state index in [1.165, 1.54) is 29.2 Å². The molecule has 1 fully saturated rings. The number of rotatable bonds is 6. The molecule has 1 aromatic heterocycles. The van der Waals surface area contributed by atoms with Crippen molar-refractivity contribution in [3.8, 4) is 11.4 Å². The summed E-state index contributed by atoms with van der Waals surface area (Å²) in [6, 6.07) is 11.9. The monoisotopic (exact) mass is 469 g/mol. The van der Waals surface area contributed by atoms with Gasteiger partial charge in [-0.05, 0) is 41.5 Å². The number of likely N-dealkylation sites (tertiary alicyclic amines) is 1. The lowest BCUT2D eigenvalue weighted by molar-refractivity contribution is -0.384. The molecule has 2 heterocycles.